The number of aryl methyl sites for hydroxylation is 1. The molecule has 0 bridgehead atoms. The maximum atomic E-state index is 13.1. The van der Waals surface area contributed by atoms with E-state index >= 15 is 0 Å². The van der Waals surface area contributed by atoms with E-state index in [0.717, 1.165) is 18.4 Å². The molecule has 1 fully saturated rings. The van der Waals surface area contributed by atoms with E-state index in [1.807, 2.05) is 46.7 Å². The van der Waals surface area contributed by atoms with E-state index in [0.29, 0.717) is 38.5 Å². The summed E-state index contributed by atoms with van der Waals surface area (Å²) in [6.07, 6.45) is 3.32. The highest BCUT2D eigenvalue weighted by Gasteiger charge is 2.47. The molecule has 1 saturated heterocycles. The van der Waals surface area contributed by atoms with Crippen molar-refractivity contribution < 1.29 is 9.59 Å². The van der Waals surface area contributed by atoms with Crippen LogP contribution in [0, 0.1) is 0 Å². The van der Waals surface area contributed by atoms with E-state index in [9.17, 15) is 14.4 Å². The molecule has 0 radical (unpaired) electrons. The van der Waals surface area contributed by atoms with Crippen LogP contribution in [0.1, 0.15) is 48.4 Å². The van der Waals surface area contributed by atoms with Crippen molar-refractivity contribution in [2.75, 3.05) is 19.6 Å². The third kappa shape index (κ3) is 3.45. The molecule has 1 spiro atoms. The predicted molar refractivity (Wildman–Crippen MR) is 109 cm³/mol. The molecule has 2 aromatic rings. The van der Waals surface area contributed by atoms with E-state index < -0.39 is 5.56 Å². The summed E-state index contributed by atoms with van der Waals surface area (Å²) in [6, 6.07) is 9.74. The van der Waals surface area contributed by atoms with Crippen LogP contribution in [0.2, 0.25) is 0 Å². The van der Waals surface area contributed by atoms with Gasteiger partial charge in [0.2, 0.25) is 5.91 Å². The van der Waals surface area contributed by atoms with Crippen LogP contribution < -0.4 is 5.56 Å². The minimum Gasteiger partial charge on any atom is -0.342 e. The summed E-state index contributed by atoms with van der Waals surface area (Å²) in [7, 11) is 0. The normalized spacial score (nSPS) is 20.1. The summed E-state index contributed by atoms with van der Waals surface area (Å²) < 4.78 is 1.94. The zero-order valence-electron chi connectivity index (χ0n) is 16.9. The van der Waals surface area contributed by atoms with Crippen molar-refractivity contribution in [3.05, 3.63) is 63.8 Å². The molecule has 4 rings (SSSR count). The standard InChI is InChI=1S/C22H26N4O3/c1-3-24(13-17-7-5-4-6-8-17)20(29)18-14-25-11-9-22(21(25)23-19(18)28)10-12-26(15-22)16(2)27/h4-8,14H,3,9-13,15H2,1-2H3. The van der Waals surface area contributed by atoms with Crippen molar-refractivity contribution in [3.63, 3.8) is 0 Å². The van der Waals surface area contributed by atoms with Gasteiger partial charge in [-0.05, 0) is 25.3 Å². The summed E-state index contributed by atoms with van der Waals surface area (Å²) in [4.78, 5) is 45.5. The number of nitrogens with zero attached hydrogens (tertiary/aromatic N) is 4. The molecule has 0 N–H and O–H groups in total. The molecule has 7 nitrogen and oxygen atoms in total. The zero-order valence-corrected chi connectivity index (χ0v) is 16.9. The van der Waals surface area contributed by atoms with Gasteiger partial charge in [0.05, 0.1) is 0 Å². The van der Waals surface area contributed by atoms with E-state index in [-0.39, 0.29) is 22.8 Å². The monoisotopic (exact) mass is 394 g/mol. The van der Waals surface area contributed by atoms with Gasteiger partial charge in [0.1, 0.15) is 11.4 Å². The van der Waals surface area contributed by atoms with Gasteiger partial charge in [-0.3, -0.25) is 14.4 Å². The molecule has 2 aliphatic rings. The first-order valence-corrected chi connectivity index (χ1v) is 10.1. The van der Waals surface area contributed by atoms with E-state index in [1.54, 1.807) is 18.0 Å². The van der Waals surface area contributed by atoms with Crippen LogP contribution in [-0.2, 0) is 23.3 Å². The Balaban J connectivity index is 1.61. The quantitative estimate of drug-likeness (QED) is 0.793. The number of rotatable bonds is 4. The highest BCUT2D eigenvalue weighted by atomic mass is 16.2. The van der Waals surface area contributed by atoms with Crippen molar-refractivity contribution in [1.29, 1.82) is 0 Å². The molecule has 2 aliphatic heterocycles. The summed E-state index contributed by atoms with van der Waals surface area (Å²) in [5.41, 5.74) is 0.396. The minimum absolute atomic E-state index is 0.0500. The van der Waals surface area contributed by atoms with Gasteiger partial charge in [-0.25, -0.2) is 0 Å². The third-order valence-corrected chi connectivity index (χ3v) is 6.22. The Morgan fingerprint density at radius 1 is 1.17 bits per heavy atom. The molecular weight excluding hydrogens is 368 g/mol. The lowest BCUT2D eigenvalue weighted by atomic mass is 9.85. The van der Waals surface area contributed by atoms with Crippen molar-refractivity contribution >= 4 is 11.8 Å². The second kappa shape index (κ2) is 7.46. The second-order valence-electron chi connectivity index (χ2n) is 8.00. The summed E-state index contributed by atoms with van der Waals surface area (Å²) >= 11 is 0. The SMILES string of the molecule is CCN(Cc1ccccc1)C(=O)c1cn2c(nc1=O)C1(CCN(C(C)=O)C1)CC2. The van der Waals surface area contributed by atoms with Gasteiger partial charge in [-0.1, -0.05) is 30.3 Å². The van der Waals surface area contributed by atoms with Gasteiger partial charge in [0, 0.05) is 51.3 Å². The van der Waals surface area contributed by atoms with Crippen LogP contribution >= 0.6 is 0 Å². The molecule has 0 saturated carbocycles. The number of benzene rings is 1. The molecule has 7 heteroatoms. The first kappa shape index (κ1) is 19.4. The van der Waals surface area contributed by atoms with E-state index in [4.69, 9.17) is 0 Å². The third-order valence-electron chi connectivity index (χ3n) is 6.22. The van der Waals surface area contributed by atoms with Crippen LogP contribution in [0.5, 0.6) is 0 Å². The highest BCUT2D eigenvalue weighted by molar-refractivity contribution is 5.93. The van der Waals surface area contributed by atoms with Crippen LogP contribution in [0.3, 0.4) is 0 Å². The van der Waals surface area contributed by atoms with Crippen molar-refractivity contribution in [2.24, 2.45) is 0 Å². The summed E-state index contributed by atoms with van der Waals surface area (Å²) in [5.74, 6) is 0.477. The van der Waals surface area contributed by atoms with Gasteiger partial charge >= 0.3 is 0 Å². The largest absolute Gasteiger partial charge is 0.342 e. The van der Waals surface area contributed by atoms with Gasteiger partial charge in [-0.2, -0.15) is 4.98 Å². The first-order valence-electron chi connectivity index (χ1n) is 10.1. The fourth-order valence-electron chi connectivity index (χ4n) is 4.51. The molecule has 152 valence electrons. The molecule has 29 heavy (non-hydrogen) atoms. The number of carbonyl (C=O) groups excluding carboxylic acids is 2. The minimum atomic E-state index is -0.477. The maximum Gasteiger partial charge on any atom is 0.285 e. The zero-order chi connectivity index (χ0) is 20.6. The number of aromatic nitrogens is 2. The van der Waals surface area contributed by atoms with Crippen LogP contribution in [0.25, 0.3) is 0 Å². The lowest BCUT2D eigenvalue weighted by Crippen LogP contribution is -2.37. The smallest absolute Gasteiger partial charge is 0.285 e. The molecular formula is C22H26N4O3. The Labute approximate surface area is 170 Å². The van der Waals surface area contributed by atoms with Gasteiger partial charge in [0.15, 0.2) is 0 Å². The molecule has 0 aliphatic carbocycles. The fraction of sp³-hybridized carbons (Fsp3) is 0.455. The topological polar surface area (TPSA) is 75.5 Å². The Kier molecular flexibility index (Phi) is 4.98. The van der Waals surface area contributed by atoms with Crippen molar-refractivity contribution in [1.82, 2.24) is 19.4 Å². The van der Waals surface area contributed by atoms with E-state index in [2.05, 4.69) is 4.98 Å². The van der Waals surface area contributed by atoms with Gasteiger partial charge in [-0.15, -0.1) is 0 Å². The van der Waals surface area contributed by atoms with Gasteiger partial charge < -0.3 is 14.4 Å². The van der Waals surface area contributed by atoms with Crippen LogP contribution in [0.15, 0.2) is 41.3 Å². The lowest BCUT2D eigenvalue weighted by molar-refractivity contribution is -0.128. The van der Waals surface area contributed by atoms with Crippen molar-refractivity contribution in [2.45, 2.75) is 45.2 Å². The second-order valence-corrected chi connectivity index (χ2v) is 8.00. The Hall–Kier alpha value is -2.96. The number of hydrogen-bond donors (Lipinski definition) is 0. The van der Waals surface area contributed by atoms with E-state index in [1.165, 1.54) is 0 Å². The van der Waals surface area contributed by atoms with Crippen LogP contribution in [0.4, 0.5) is 0 Å². The highest BCUT2D eigenvalue weighted by Crippen LogP contribution is 2.41. The van der Waals surface area contributed by atoms with Gasteiger partial charge in [0.25, 0.3) is 11.5 Å². The summed E-state index contributed by atoms with van der Waals surface area (Å²) in [6.45, 7) is 6.43. The first-order chi connectivity index (χ1) is 13.9. The number of likely N-dealkylation sites (tertiary alicyclic amines) is 1. The Morgan fingerprint density at radius 2 is 1.90 bits per heavy atom. The average molecular weight is 394 g/mol. The molecule has 1 unspecified atom stereocenters. The maximum absolute atomic E-state index is 13.1. The van der Waals surface area contributed by atoms with Crippen molar-refractivity contribution in [3.8, 4) is 0 Å². The summed E-state index contributed by atoms with van der Waals surface area (Å²) in [5, 5.41) is 0. The molecule has 1 atom stereocenters. The lowest BCUT2D eigenvalue weighted by Gasteiger charge is -2.23. The van der Waals surface area contributed by atoms with Crippen LogP contribution in [-0.4, -0.2) is 50.8 Å². The number of fused-ring (bicyclic) bond motifs is 2. The molecule has 1 aromatic heterocycles. The molecule has 2 amide bonds. The number of hydrogen-bond acceptors (Lipinski definition) is 4. The molecule has 1 aromatic carbocycles. The number of amides is 2. The Morgan fingerprint density at radius 3 is 2.55 bits per heavy atom. The number of carbonyl (C=O) groups is 2. The average Bonchev–Trinajstić information content (AvgIpc) is 3.31. The Bertz CT molecular complexity index is 1000. The molecule has 3 heterocycles. The predicted octanol–water partition coefficient (Wildman–Crippen LogP) is 1.80. The fourth-order valence-corrected chi connectivity index (χ4v) is 4.51.